The van der Waals surface area contributed by atoms with Gasteiger partial charge in [0.05, 0.1) is 4.91 Å². The van der Waals surface area contributed by atoms with Crippen LogP contribution in [0.2, 0.25) is 0 Å². The molecule has 0 saturated carbocycles. The van der Waals surface area contributed by atoms with Gasteiger partial charge in [-0.25, -0.2) is 0 Å². The molecule has 0 aromatic carbocycles. The van der Waals surface area contributed by atoms with Gasteiger partial charge < -0.3 is 0 Å². The Labute approximate surface area is 108 Å². The average molecular weight is 252 g/mol. The molecule has 94 valence electrons. The lowest BCUT2D eigenvalue weighted by atomic mass is 10.1. The number of rotatable bonds is 8. The highest BCUT2D eigenvalue weighted by Gasteiger charge is 2.12. The Bertz CT molecular complexity index is 329. The normalized spacial score (nSPS) is 15.2. The quantitative estimate of drug-likeness (QED) is 0.488. The first-order chi connectivity index (χ1) is 8.24. The summed E-state index contributed by atoms with van der Waals surface area (Å²) in [5.74, 6) is 0.834. The molecule has 1 aliphatic rings. The summed E-state index contributed by atoms with van der Waals surface area (Å²) in [6, 6.07) is 0. The molecule has 0 N–H and O–H groups in total. The fourth-order valence-corrected chi connectivity index (χ4v) is 2.64. The van der Waals surface area contributed by atoms with Gasteiger partial charge in [-0.05, 0) is 24.3 Å². The molecular weight excluding hydrogens is 232 g/mol. The maximum Gasteiger partial charge on any atom is 0.192 e. The molecule has 0 unspecified atom stereocenters. The van der Waals surface area contributed by atoms with Crippen molar-refractivity contribution >= 4 is 23.3 Å². The number of carbonyl (C=O) groups excluding carboxylic acids is 2. The maximum absolute atomic E-state index is 11.4. The van der Waals surface area contributed by atoms with Crippen molar-refractivity contribution in [1.29, 1.82) is 0 Å². The van der Waals surface area contributed by atoms with E-state index in [1.807, 2.05) is 0 Å². The van der Waals surface area contributed by atoms with Gasteiger partial charge in [0.15, 0.2) is 11.6 Å². The van der Waals surface area contributed by atoms with Crippen LogP contribution in [0, 0.1) is 0 Å². The second-order valence-electron chi connectivity index (χ2n) is 4.22. The van der Waals surface area contributed by atoms with E-state index in [9.17, 15) is 9.59 Å². The van der Waals surface area contributed by atoms with Crippen molar-refractivity contribution < 1.29 is 9.59 Å². The topological polar surface area (TPSA) is 34.1 Å². The van der Waals surface area contributed by atoms with Gasteiger partial charge in [0.25, 0.3) is 0 Å². The van der Waals surface area contributed by atoms with Crippen molar-refractivity contribution in [2.75, 3.05) is 5.75 Å². The molecule has 0 amide bonds. The van der Waals surface area contributed by atoms with E-state index in [0.29, 0.717) is 4.91 Å². The van der Waals surface area contributed by atoms with Gasteiger partial charge in [0.2, 0.25) is 0 Å². The van der Waals surface area contributed by atoms with Gasteiger partial charge in [-0.15, -0.1) is 11.8 Å². The molecule has 1 rings (SSSR count). The van der Waals surface area contributed by atoms with Crippen molar-refractivity contribution in [3.05, 3.63) is 23.1 Å². The molecule has 0 aliphatic heterocycles. The van der Waals surface area contributed by atoms with E-state index >= 15 is 0 Å². The van der Waals surface area contributed by atoms with Crippen LogP contribution in [0.4, 0.5) is 0 Å². The summed E-state index contributed by atoms with van der Waals surface area (Å²) in [6.45, 7) is 2.21. The maximum atomic E-state index is 11.4. The second-order valence-corrected chi connectivity index (χ2v) is 5.36. The van der Waals surface area contributed by atoms with E-state index in [1.165, 1.54) is 62.1 Å². The number of allylic oxidation sites excluding steroid dienone is 4. The number of ketones is 2. The first kappa shape index (κ1) is 14.2. The Morgan fingerprint density at radius 3 is 2.47 bits per heavy atom. The zero-order valence-corrected chi connectivity index (χ0v) is 11.2. The fraction of sp³-hybridized carbons (Fsp3) is 0.571. The monoisotopic (exact) mass is 252 g/mol. The molecule has 2 nitrogen and oxygen atoms in total. The molecular formula is C14H20O2S. The highest BCUT2D eigenvalue weighted by molar-refractivity contribution is 8.04. The van der Waals surface area contributed by atoms with Crippen LogP contribution < -0.4 is 0 Å². The number of hydrogen-bond donors (Lipinski definition) is 0. The molecule has 1 aliphatic carbocycles. The highest BCUT2D eigenvalue weighted by Crippen LogP contribution is 2.21. The number of carbonyl (C=O) groups is 2. The van der Waals surface area contributed by atoms with Crippen LogP contribution >= 0.6 is 11.8 Å². The zero-order valence-electron chi connectivity index (χ0n) is 10.4. The average Bonchev–Trinajstić information content (AvgIpc) is 2.32. The summed E-state index contributed by atoms with van der Waals surface area (Å²) in [6.07, 6.45) is 11.7. The Morgan fingerprint density at radius 1 is 1.00 bits per heavy atom. The Morgan fingerprint density at radius 2 is 1.71 bits per heavy atom. The van der Waals surface area contributed by atoms with Crippen LogP contribution in [0.15, 0.2) is 23.1 Å². The van der Waals surface area contributed by atoms with Crippen molar-refractivity contribution in [3.8, 4) is 0 Å². The third-order valence-electron chi connectivity index (χ3n) is 2.67. The number of unbranched alkanes of at least 4 members (excludes halogenated alkanes) is 5. The summed E-state index contributed by atoms with van der Waals surface area (Å²) in [4.78, 5) is 23.1. The standard InChI is InChI=1S/C14H20O2S/c1-2-3-4-5-6-7-10-17-14-11-12(15)8-9-13(14)16/h8-9,11H,2-7,10H2,1H3. The van der Waals surface area contributed by atoms with Crippen molar-refractivity contribution in [2.24, 2.45) is 0 Å². The van der Waals surface area contributed by atoms with Crippen molar-refractivity contribution in [2.45, 2.75) is 45.4 Å². The minimum absolute atomic E-state index is 0.0272. The fourth-order valence-electron chi connectivity index (χ4n) is 1.67. The van der Waals surface area contributed by atoms with Crippen LogP contribution in [0.3, 0.4) is 0 Å². The summed E-state index contributed by atoms with van der Waals surface area (Å²) >= 11 is 1.51. The SMILES string of the molecule is CCCCCCCCSC1=CC(=O)C=CC1=O. The van der Waals surface area contributed by atoms with Crippen LogP contribution in [0.25, 0.3) is 0 Å². The predicted octanol–water partition coefficient (Wildman–Crippen LogP) is 3.67. The molecule has 0 aromatic heterocycles. The van der Waals surface area contributed by atoms with Crippen LogP contribution in [0.5, 0.6) is 0 Å². The van der Waals surface area contributed by atoms with Gasteiger partial charge in [0.1, 0.15) is 0 Å². The smallest absolute Gasteiger partial charge is 0.192 e. The predicted molar refractivity (Wildman–Crippen MR) is 73.1 cm³/mol. The molecule has 0 saturated heterocycles. The van der Waals surface area contributed by atoms with Gasteiger partial charge in [-0.3, -0.25) is 9.59 Å². The first-order valence-corrected chi connectivity index (χ1v) is 7.33. The number of thioether (sulfide) groups is 1. The molecule has 0 aromatic rings. The largest absolute Gasteiger partial charge is 0.290 e. The van der Waals surface area contributed by atoms with Gasteiger partial charge in [-0.1, -0.05) is 39.0 Å². The summed E-state index contributed by atoms with van der Waals surface area (Å²) < 4.78 is 0. The molecule has 0 fully saturated rings. The number of hydrogen-bond acceptors (Lipinski definition) is 3. The third kappa shape index (κ3) is 5.87. The van der Waals surface area contributed by atoms with E-state index in [2.05, 4.69) is 6.92 Å². The zero-order chi connectivity index (χ0) is 12.5. The second kappa shape index (κ2) is 8.29. The molecule has 17 heavy (non-hydrogen) atoms. The lowest BCUT2D eigenvalue weighted by Gasteiger charge is -2.06. The van der Waals surface area contributed by atoms with E-state index in [0.717, 1.165) is 12.2 Å². The molecule has 0 heterocycles. The lowest BCUT2D eigenvalue weighted by molar-refractivity contribution is -0.114. The van der Waals surface area contributed by atoms with E-state index < -0.39 is 0 Å². The summed E-state index contributed by atoms with van der Waals surface area (Å²) in [5, 5.41) is 0. The van der Waals surface area contributed by atoms with Crippen LogP contribution in [-0.2, 0) is 9.59 Å². The van der Waals surface area contributed by atoms with E-state index in [1.54, 1.807) is 0 Å². The Hall–Kier alpha value is -0.830. The first-order valence-electron chi connectivity index (χ1n) is 6.35. The van der Waals surface area contributed by atoms with Crippen molar-refractivity contribution in [1.82, 2.24) is 0 Å². The van der Waals surface area contributed by atoms with E-state index in [-0.39, 0.29) is 11.6 Å². The minimum atomic E-state index is -0.0740. The van der Waals surface area contributed by atoms with Gasteiger partial charge >= 0.3 is 0 Å². The summed E-state index contributed by atoms with van der Waals surface area (Å²) in [5.41, 5.74) is 0. The van der Waals surface area contributed by atoms with Crippen molar-refractivity contribution in [3.63, 3.8) is 0 Å². The summed E-state index contributed by atoms with van der Waals surface area (Å²) in [7, 11) is 0. The van der Waals surface area contributed by atoms with Crippen LogP contribution in [-0.4, -0.2) is 17.3 Å². The Balaban J connectivity index is 2.10. The van der Waals surface area contributed by atoms with E-state index in [4.69, 9.17) is 0 Å². The molecule has 0 atom stereocenters. The lowest BCUT2D eigenvalue weighted by Crippen LogP contribution is -2.05. The van der Waals surface area contributed by atoms with Gasteiger partial charge in [-0.2, -0.15) is 0 Å². The van der Waals surface area contributed by atoms with Gasteiger partial charge in [0, 0.05) is 6.08 Å². The Kier molecular flexibility index (Phi) is 6.94. The minimum Gasteiger partial charge on any atom is -0.290 e. The molecule has 0 spiro atoms. The third-order valence-corrected chi connectivity index (χ3v) is 3.79. The van der Waals surface area contributed by atoms with Crippen LogP contribution in [0.1, 0.15) is 45.4 Å². The molecule has 0 radical (unpaired) electrons. The molecule has 0 bridgehead atoms. The molecule has 3 heteroatoms. The highest BCUT2D eigenvalue weighted by atomic mass is 32.2.